The fourth-order valence-corrected chi connectivity index (χ4v) is 3.54. The Labute approximate surface area is 129 Å². The van der Waals surface area contributed by atoms with Crippen LogP contribution in [0.5, 0.6) is 0 Å². The van der Waals surface area contributed by atoms with Crippen molar-refractivity contribution in [3.05, 3.63) is 0 Å². The lowest BCUT2D eigenvalue weighted by Crippen LogP contribution is -2.55. The van der Waals surface area contributed by atoms with E-state index < -0.39 is 0 Å². The molecule has 0 spiro atoms. The maximum atomic E-state index is 12.6. The number of carbonyl (C=O) groups excluding carboxylic acids is 1. The van der Waals surface area contributed by atoms with Crippen LogP contribution in [0.15, 0.2) is 0 Å². The minimum Gasteiger partial charge on any atom is -0.383 e. The van der Waals surface area contributed by atoms with E-state index in [2.05, 4.69) is 22.0 Å². The first kappa shape index (κ1) is 16.7. The Morgan fingerprint density at radius 2 is 1.95 bits per heavy atom. The van der Waals surface area contributed by atoms with Gasteiger partial charge in [-0.25, -0.2) is 0 Å². The number of nitrogens with one attached hydrogen (secondary N) is 1. The molecule has 2 unspecified atom stereocenters. The predicted octanol–water partition coefficient (Wildman–Crippen LogP) is 1.09. The van der Waals surface area contributed by atoms with E-state index in [4.69, 9.17) is 4.74 Å². The van der Waals surface area contributed by atoms with Crippen LogP contribution in [0.4, 0.5) is 0 Å². The fourth-order valence-electron chi connectivity index (χ4n) is 3.54. The summed E-state index contributed by atoms with van der Waals surface area (Å²) in [4.78, 5) is 17.1. The van der Waals surface area contributed by atoms with Crippen molar-refractivity contribution in [2.24, 2.45) is 0 Å². The maximum absolute atomic E-state index is 12.6. The third-order valence-electron chi connectivity index (χ3n) is 4.81. The average Bonchev–Trinajstić information content (AvgIpc) is 3.05. The predicted molar refractivity (Wildman–Crippen MR) is 84.4 cm³/mol. The number of likely N-dealkylation sites (tertiary alicyclic amines) is 2. The van der Waals surface area contributed by atoms with Crippen molar-refractivity contribution in [3.8, 4) is 0 Å². The van der Waals surface area contributed by atoms with Crippen molar-refractivity contribution in [1.29, 1.82) is 0 Å². The lowest BCUT2D eigenvalue weighted by atomic mass is 9.99. The molecule has 122 valence electrons. The van der Waals surface area contributed by atoms with Crippen LogP contribution in [0.25, 0.3) is 0 Å². The quantitative estimate of drug-likeness (QED) is 0.715. The number of methoxy groups -OCH3 is 1. The molecule has 0 aliphatic carbocycles. The monoisotopic (exact) mass is 297 g/mol. The lowest BCUT2D eigenvalue weighted by Gasteiger charge is -2.40. The standard InChI is InChI=1S/C16H31N3O2/c1-14(16(20)18-9-5-6-10-18)19-11-4-3-7-15(19)13-17-8-12-21-2/h14-15,17H,3-13H2,1-2H3. The third kappa shape index (κ3) is 4.66. The first-order chi connectivity index (χ1) is 10.2. The molecule has 2 fully saturated rings. The van der Waals surface area contributed by atoms with E-state index in [-0.39, 0.29) is 6.04 Å². The Kier molecular flexibility index (Phi) is 6.93. The molecule has 2 saturated heterocycles. The van der Waals surface area contributed by atoms with Crippen LogP contribution in [0, 0.1) is 0 Å². The van der Waals surface area contributed by atoms with Crippen LogP contribution in [-0.2, 0) is 9.53 Å². The topological polar surface area (TPSA) is 44.8 Å². The molecule has 2 aliphatic rings. The molecule has 0 radical (unpaired) electrons. The van der Waals surface area contributed by atoms with Crippen molar-refractivity contribution >= 4 is 5.91 Å². The molecule has 1 N–H and O–H groups in total. The van der Waals surface area contributed by atoms with Crippen LogP contribution in [0.1, 0.15) is 39.0 Å². The molecule has 0 aromatic heterocycles. The molecular weight excluding hydrogens is 266 g/mol. The van der Waals surface area contributed by atoms with E-state index in [0.717, 1.165) is 39.3 Å². The van der Waals surface area contributed by atoms with Gasteiger partial charge in [-0.15, -0.1) is 0 Å². The highest BCUT2D eigenvalue weighted by molar-refractivity contribution is 5.81. The van der Waals surface area contributed by atoms with Gasteiger partial charge >= 0.3 is 0 Å². The number of carbonyl (C=O) groups is 1. The summed E-state index contributed by atoms with van der Waals surface area (Å²) in [5.74, 6) is 0.330. The summed E-state index contributed by atoms with van der Waals surface area (Å²) >= 11 is 0. The summed E-state index contributed by atoms with van der Waals surface area (Å²) in [5.41, 5.74) is 0. The molecular formula is C16H31N3O2. The van der Waals surface area contributed by atoms with Gasteiger partial charge < -0.3 is 15.0 Å². The van der Waals surface area contributed by atoms with E-state index in [0.29, 0.717) is 11.9 Å². The number of ether oxygens (including phenoxy) is 1. The third-order valence-corrected chi connectivity index (χ3v) is 4.81. The second-order valence-corrected chi connectivity index (χ2v) is 6.29. The molecule has 1 amide bonds. The Bertz CT molecular complexity index is 319. The smallest absolute Gasteiger partial charge is 0.239 e. The van der Waals surface area contributed by atoms with Gasteiger partial charge in [0.1, 0.15) is 0 Å². The summed E-state index contributed by atoms with van der Waals surface area (Å²) in [6.45, 7) is 7.64. The van der Waals surface area contributed by atoms with Gasteiger partial charge in [-0.05, 0) is 39.2 Å². The van der Waals surface area contributed by atoms with E-state index in [1.54, 1.807) is 7.11 Å². The highest BCUT2D eigenvalue weighted by Gasteiger charge is 2.32. The summed E-state index contributed by atoms with van der Waals surface area (Å²) in [6, 6.07) is 0.509. The first-order valence-electron chi connectivity index (χ1n) is 8.48. The van der Waals surface area contributed by atoms with Crippen LogP contribution < -0.4 is 5.32 Å². The number of amides is 1. The number of piperidine rings is 1. The zero-order valence-corrected chi connectivity index (χ0v) is 13.6. The van der Waals surface area contributed by atoms with Crippen molar-refractivity contribution < 1.29 is 9.53 Å². The number of nitrogens with zero attached hydrogens (tertiary/aromatic N) is 2. The van der Waals surface area contributed by atoms with Gasteiger partial charge in [0.05, 0.1) is 12.6 Å². The number of hydrogen-bond donors (Lipinski definition) is 1. The van der Waals surface area contributed by atoms with E-state index in [9.17, 15) is 4.79 Å². The molecule has 2 aliphatic heterocycles. The van der Waals surface area contributed by atoms with E-state index in [1.165, 1.54) is 32.1 Å². The molecule has 5 nitrogen and oxygen atoms in total. The Morgan fingerprint density at radius 3 is 2.67 bits per heavy atom. The van der Waals surface area contributed by atoms with Gasteiger partial charge in [0.2, 0.25) is 5.91 Å². The Balaban J connectivity index is 1.85. The van der Waals surface area contributed by atoms with Crippen LogP contribution >= 0.6 is 0 Å². The van der Waals surface area contributed by atoms with Gasteiger partial charge in [0.25, 0.3) is 0 Å². The zero-order chi connectivity index (χ0) is 15.1. The van der Waals surface area contributed by atoms with Crippen LogP contribution in [0.3, 0.4) is 0 Å². The van der Waals surface area contributed by atoms with E-state index in [1.807, 2.05) is 0 Å². The summed E-state index contributed by atoms with van der Waals surface area (Å²) in [5, 5.41) is 3.46. The van der Waals surface area contributed by atoms with Gasteiger partial charge in [0, 0.05) is 39.3 Å². The molecule has 0 aromatic carbocycles. The normalized spacial score (nSPS) is 25.2. The Morgan fingerprint density at radius 1 is 1.24 bits per heavy atom. The molecule has 5 heteroatoms. The van der Waals surface area contributed by atoms with Crippen molar-refractivity contribution in [2.45, 2.75) is 51.1 Å². The SMILES string of the molecule is COCCNCC1CCCCN1C(C)C(=O)N1CCCC1. The minimum atomic E-state index is 0.0256. The lowest BCUT2D eigenvalue weighted by molar-refractivity contribution is -0.136. The fraction of sp³-hybridized carbons (Fsp3) is 0.938. The molecule has 0 aromatic rings. The highest BCUT2D eigenvalue weighted by atomic mass is 16.5. The van der Waals surface area contributed by atoms with Crippen LogP contribution in [-0.4, -0.2) is 74.2 Å². The average molecular weight is 297 g/mol. The number of rotatable bonds is 7. The van der Waals surface area contributed by atoms with Gasteiger partial charge in [-0.2, -0.15) is 0 Å². The second-order valence-electron chi connectivity index (χ2n) is 6.29. The van der Waals surface area contributed by atoms with Gasteiger partial charge in [0.15, 0.2) is 0 Å². The first-order valence-corrected chi connectivity index (χ1v) is 8.48. The Hall–Kier alpha value is -0.650. The molecule has 21 heavy (non-hydrogen) atoms. The summed E-state index contributed by atoms with van der Waals surface area (Å²) in [7, 11) is 1.73. The van der Waals surface area contributed by atoms with Gasteiger partial charge in [-0.3, -0.25) is 9.69 Å². The molecule has 2 atom stereocenters. The number of hydrogen-bond acceptors (Lipinski definition) is 4. The molecule has 2 rings (SSSR count). The van der Waals surface area contributed by atoms with Crippen molar-refractivity contribution in [2.75, 3.05) is 46.4 Å². The zero-order valence-electron chi connectivity index (χ0n) is 13.6. The van der Waals surface area contributed by atoms with Crippen LogP contribution in [0.2, 0.25) is 0 Å². The van der Waals surface area contributed by atoms with E-state index >= 15 is 0 Å². The maximum Gasteiger partial charge on any atom is 0.239 e. The molecule has 2 heterocycles. The molecule has 0 bridgehead atoms. The highest BCUT2D eigenvalue weighted by Crippen LogP contribution is 2.21. The van der Waals surface area contributed by atoms with Crippen molar-refractivity contribution in [3.63, 3.8) is 0 Å². The van der Waals surface area contributed by atoms with Gasteiger partial charge in [-0.1, -0.05) is 6.42 Å². The summed E-state index contributed by atoms with van der Waals surface area (Å²) < 4.78 is 5.07. The summed E-state index contributed by atoms with van der Waals surface area (Å²) in [6.07, 6.45) is 6.02. The minimum absolute atomic E-state index is 0.0256. The molecule has 0 saturated carbocycles. The van der Waals surface area contributed by atoms with Crippen molar-refractivity contribution in [1.82, 2.24) is 15.1 Å². The second kappa shape index (κ2) is 8.71. The largest absolute Gasteiger partial charge is 0.383 e.